The van der Waals surface area contributed by atoms with Crippen molar-refractivity contribution in [2.24, 2.45) is 0 Å². The van der Waals surface area contributed by atoms with E-state index < -0.39 is 15.9 Å². The van der Waals surface area contributed by atoms with Crippen molar-refractivity contribution < 1.29 is 22.8 Å². The number of rotatable bonds is 6. The van der Waals surface area contributed by atoms with Crippen LogP contribution in [0.1, 0.15) is 47.7 Å². The first-order chi connectivity index (χ1) is 13.2. The lowest BCUT2D eigenvalue weighted by molar-refractivity contribution is -0.135. The van der Waals surface area contributed by atoms with Crippen molar-refractivity contribution in [3.63, 3.8) is 0 Å². The van der Waals surface area contributed by atoms with Crippen LogP contribution in [0.2, 0.25) is 0 Å². The van der Waals surface area contributed by atoms with E-state index in [0.717, 1.165) is 19.3 Å². The summed E-state index contributed by atoms with van der Waals surface area (Å²) in [7, 11) is -3.07. The van der Waals surface area contributed by atoms with Crippen molar-refractivity contribution in [1.82, 2.24) is 10.2 Å². The quantitative estimate of drug-likeness (QED) is 0.708. The summed E-state index contributed by atoms with van der Waals surface area (Å²) in [5.41, 5.74) is 3.15. The van der Waals surface area contributed by atoms with Gasteiger partial charge in [-0.05, 0) is 43.4 Å². The molecule has 0 saturated carbocycles. The number of sulfone groups is 1. The Hall–Kier alpha value is -2.22. The molecular formula is C20H26N2O5S. The van der Waals surface area contributed by atoms with Gasteiger partial charge in [0.05, 0.1) is 11.5 Å². The van der Waals surface area contributed by atoms with E-state index in [1.807, 2.05) is 18.2 Å². The van der Waals surface area contributed by atoms with Crippen molar-refractivity contribution in [3.8, 4) is 0 Å². The monoisotopic (exact) mass is 406 g/mol. The molecule has 1 atom stereocenters. The predicted octanol–water partition coefficient (Wildman–Crippen LogP) is 0.900. The van der Waals surface area contributed by atoms with Crippen molar-refractivity contribution in [1.29, 1.82) is 0 Å². The second-order valence-corrected chi connectivity index (χ2v) is 9.83. The highest BCUT2D eigenvalue weighted by Crippen LogP contribution is 2.23. The molecule has 1 aliphatic carbocycles. The van der Waals surface area contributed by atoms with Crippen LogP contribution >= 0.6 is 0 Å². The molecule has 8 heteroatoms. The number of nitrogens with zero attached hydrogens (tertiary/aromatic N) is 1. The number of ketones is 1. The van der Waals surface area contributed by atoms with Gasteiger partial charge in [-0.25, -0.2) is 8.42 Å². The SMILES string of the molecule is CC(NC(=O)CCC(=O)c1ccc2c(c1)CCC2)C(=O)N1CCS(=O)(=O)CC1. The maximum atomic E-state index is 12.4. The molecular weight excluding hydrogens is 380 g/mol. The third-order valence-corrected chi connectivity index (χ3v) is 7.01. The summed E-state index contributed by atoms with van der Waals surface area (Å²) in [6.07, 6.45) is 3.27. The van der Waals surface area contributed by atoms with E-state index in [0.29, 0.717) is 5.56 Å². The lowest BCUT2D eigenvalue weighted by Gasteiger charge is -2.29. The molecule has 0 bridgehead atoms. The zero-order valence-electron chi connectivity index (χ0n) is 16.1. The molecule has 2 aliphatic rings. The summed E-state index contributed by atoms with van der Waals surface area (Å²) < 4.78 is 22.9. The molecule has 1 aromatic rings. The van der Waals surface area contributed by atoms with Crippen LogP contribution in [-0.4, -0.2) is 61.6 Å². The Morgan fingerprint density at radius 2 is 1.75 bits per heavy atom. The molecule has 1 saturated heterocycles. The van der Waals surface area contributed by atoms with Gasteiger partial charge in [-0.3, -0.25) is 14.4 Å². The number of benzene rings is 1. The number of aryl methyl sites for hydroxylation is 2. The molecule has 152 valence electrons. The van der Waals surface area contributed by atoms with E-state index in [1.54, 1.807) is 6.92 Å². The van der Waals surface area contributed by atoms with Crippen LogP contribution in [0.25, 0.3) is 0 Å². The van der Waals surface area contributed by atoms with Crippen LogP contribution in [0.4, 0.5) is 0 Å². The highest BCUT2D eigenvalue weighted by Gasteiger charge is 2.28. The third kappa shape index (κ3) is 4.98. The first-order valence-electron chi connectivity index (χ1n) is 9.69. The van der Waals surface area contributed by atoms with Crippen molar-refractivity contribution in [2.45, 2.75) is 45.1 Å². The minimum atomic E-state index is -3.07. The van der Waals surface area contributed by atoms with Crippen molar-refractivity contribution >= 4 is 27.4 Å². The molecule has 1 fully saturated rings. The number of Topliss-reactive ketones (excluding diaryl/α,β-unsaturated/α-hetero) is 1. The highest BCUT2D eigenvalue weighted by molar-refractivity contribution is 7.91. The van der Waals surface area contributed by atoms with Gasteiger partial charge >= 0.3 is 0 Å². The van der Waals surface area contributed by atoms with E-state index in [9.17, 15) is 22.8 Å². The molecule has 1 N–H and O–H groups in total. The average Bonchev–Trinajstić information content (AvgIpc) is 3.13. The third-order valence-electron chi connectivity index (χ3n) is 5.40. The van der Waals surface area contributed by atoms with Gasteiger partial charge in [-0.15, -0.1) is 0 Å². The maximum absolute atomic E-state index is 12.4. The molecule has 7 nitrogen and oxygen atoms in total. The van der Waals surface area contributed by atoms with Gasteiger partial charge in [0.2, 0.25) is 11.8 Å². The Morgan fingerprint density at radius 1 is 1.07 bits per heavy atom. The average molecular weight is 407 g/mol. The lowest BCUT2D eigenvalue weighted by Crippen LogP contribution is -2.51. The van der Waals surface area contributed by atoms with Crippen LogP contribution in [0.5, 0.6) is 0 Å². The van der Waals surface area contributed by atoms with Crippen LogP contribution in [-0.2, 0) is 32.3 Å². The molecule has 0 aromatic heterocycles. The van der Waals surface area contributed by atoms with Gasteiger partial charge < -0.3 is 10.2 Å². The molecule has 1 aliphatic heterocycles. The largest absolute Gasteiger partial charge is 0.345 e. The van der Waals surface area contributed by atoms with Gasteiger partial charge in [0.1, 0.15) is 6.04 Å². The van der Waals surface area contributed by atoms with Gasteiger partial charge in [0.25, 0.3) is 0 Å². The Balaban J connectivity index is 1.46. The van der Waals surface area contributed by atoms with E-state index in [-0.39, 0.29) is 55.0 Å². The number of carbonyl (C=O) groups is 3. The Bertz CT molecular complexity index is 880. The molecule has 0 radical (unpaired) electrons. The summed E-state index contributed by atoms with van der Waals surface area (Å²) in [6.45, 7) is 1.88. The molecule has 0 spiro atoms. The molecule has 1 heterocycles. The van der Waals surface area contributed by atoms with Crippen LogP contribution < -0.4 is 5.32 Å². The first kappa shape index (κ1) is 20.5. The number of amides is 2. The molecule has 28 heavy (non-hydrogen) atoms. The van der Waals surface area contributed by atoms with Crippen LogP contribution in [0.3, 0.4) is 0 Å². The standard InChI is InChI=1S/C20H26N2O5S/c1-14(20(25)22-9-11-28(26,27)12-10-22)21-19(24)8-7-18(23)17-6-5-15-3-2-4-16(15)13-17/h5-6,13-14H,2-4,7-12H2,1H3,(H,21,24). The van der Waals surface area contributed by atoms with Gasteiger partial charge in [0.15, 0.2) is 15.6 Å². The zero-order valence-corrected chi connectivity index (χ0v) is 16.9. The fourth-order valence-corrected chi connectivity index (χ4v) is 4.90. The van der Waals surface area contributed by atoms with Gasteiger partial charge in [0, 0.05) is 31.5 Å². The first-order valence-corrected chi connectivity index (χ1v) is 11.5. The normalized spacial score (nSPS) is 19.0. The molecule has 1 aromatic carbocycles. The summed E-state index contributed by atoms with van der Waals surface area (Å²) in [5.74, 6) is -0.832. The number of fused-ring (bicyclic) bond motifs is 1. The molecule has 1 unspecified atom stereocenters. The van der Waals surface area contributed by atoms with Crippen LogP contribution in [0, 0.1) is 0 Å². The minimum absolute atomic E-state index is 0.0158. The summed E-state index contributed by atoms with van der Waals surface area (Å²) in [5, 5.41) is 2.61. The topological polar surface area (TPSA) is 101 Å². The van der Waals surface area contributed by atoms with Gasteiger partial charge in [-0.2, -0.15) is 0 Å². The zero-order chi connectivity index (χ0) is 20.3. The number of hydrogen-bond donors (Lipinski definition) is 1. The summed E-state index contributed by atoms with van der Waals surface area (Å²) >= 11 is 0. The van der Waals surface area contributed by atoms with E-state index in [4.69, 9.17) is 0 Å². The Kier molecular flexibility index (Phi) is 6.17. The predicted molar refractivity (Wildman–Crippen MR) is 105 cm³/mol. The fraction of sp³-hybridized carbons (Fsp3) is 0.550. The summed E-state index contributed by atoms with van der Waals surface area (Å²) in [4.78, 5) is 38.3. The fourth-order valence-electron chi connectivity index (χ4n) is 3.70. The maximum Gasteiger partial charge on any atom is 0.244 e. The summed E-state index contributed by atoms with van der Waals surface area (Å²) in [6, 6.07) is 5.00. The minimum Gasteiger partial charge on any atom is -0.345 e. The second-order valence-electron chi connectivity index (χ2n) is 7.53. The Morgan fingerprint density at radius 3 is 2.46 bits per heavy atom. The molecule has 2 amide bonds. The number of carbonyl (C=O) groups excluding carboxylic acids is 3. The smallest absolute Gasteiger partial charge is 0.244 e. The van der Waals surface area contributed by atoms with Gasteiger partial charge in [-0.1, -0.05) is 12.1 Å². The number of nitrogens with one attached hydrogen (secondary N) is 1. The second kappa shape index (κ2) is 8.43. The lowest BCUT2D eigenvalue weighted by atomic mass is 10.0. The molecule has 3 rings (SSSR count). The van der Waals surface area contributed by atoms with E-state index in [2.05, 4.69) is 5.32 Å². The Labute approximate surface area is 165 Å². The van der Waals surface area contributed by atoms with Crippen molar-refractivity contribution in [2.75, 3.05) is 24.6 Å². The van der Waals surface area contributed by atoms with E-state index >= 15 is 0 Å². The number of hydrogen-bond acceptors (Lipinski definition) is 5. The van der Waals surface area contributed by atoms with Crippen LogP contribution in [0.15, 0.2) is 18.2 Å². The van der Waals surface area contributed by atoms with E-state index in [1.165, 1.54) is 16.0 Å². The van der Waals surface area contributed by atoms with Crippen molar-refractivity contribution in [3.05, 3.63) is 34.9 Å². The highest BCUT2D eigenvalue weighted by atomic mass is 32.2.